The minimum Gasteiger partial charge on any atom is -0.346 e. The van der Waals surface area contributed by atoms with E-state index >= 15 is 0 Å². The maximum absolute atomic E-state index is 12.2. The van der Waals surface area contributed by atoms with Gasteiger partial charge in [0.25, 0.3) is 11.8 Å². The summed E-state index contributed by atoms with van der Waals surface area (Å²) in [6.07, 6.45) is 3.01. The summed E-state index contributed by atoms with van der Waals surface area (Å²) < 4.78 is 0. The van der Waals surface area contributed by atoms with Crippen LogP contribution in [-0.4, -0.2) is 32.8 Å². The lowest BCUT2D eigenvalue weighted by molar-refractivity contribution is -0.0584. The summed E-state index contributed by atoms with van der Waals surface area (Å²) in [5.74, 6) is -2.14. The van der Waals surface area contributed by atoms with Crippen LogP contribution in [0.1, 0.15) is 31.1 Å². The summed E-state index contributed by atoms with van der Waals surface area (Å²) in [6.45, 7) is 0. The first-order valence-corrected chi connectivity index (χ1v) is 6.78. The SMILES string of the molecule is O=C(ON1C(=O)c2ccccc2C1=O)c1cnc2[nH]ccc2c1. The first kappa shape index (κ1) is 13.2. The molecular weight excluding hydrogens is 298 g/mol. The second-order valence-corrected chi connectivity index (χ2v) is 4.97. The molecule has 0 fully saturated rings. The minimum atomic E-state index is -0.824. The molecule has 0 bridgehead atoms. The summed E-state index contributed by atoms with van der Waals surface area (Å²) >= 11 is 0. The molecule has 3 heterocycles. The molecule has 23 heavy (non-hydrogen) atoms. The Hall–Kier alpha value is -3.48. The summed E-state index contributed by atoms with van der Waals surface area (Å²) in [4.78, 5) is 48.4. The Kier molecular flexibility index (Phi) is 2.74. The Morgan fingerprint density at radius 2 is 1.78 bits per heavy atom. The lowest BCUT2D eigenvalue weighted by Gasteiger charge is -2.12. The van der Waals surface area contributed by atoms with E-state index in [0.717, 1.165) is 5.39 Å². The molecule has 0 saturated carbocycles. The van der Waals surface area contributed by atoms with Gasteiger partial charge in [0.05, 0.1) is 16.7 Å². The number of nitrogens with zero attached hydrogens (tertiary/aromatic N) is 2. The number of hydrogen-bond donors (Lipinski definition) is 1. The number of hydrogen-bond acceptors (Lipinski definition) is 5. The summed E-state index contributed by atoms with van der Waals surface area (Å²) in [7, 11) is 0. The van der Waals surface area contributed by atoms with Crippen molar-refractivity contribution in [2.24, 2.45) is 0 Å². The molecule has 0 spiro atoms. The number of rotatable bonds is 2. The van der Waals surface area contributed by atoms with Gasteiger partial charge in [0.15, 0.2) is 0 Å². The van der Waals surface area contributed by atoms with Gasteiger partial charge in [-0.2, -0.15) is 0 Å². The highest BCUT2D eigenvalue weighted by Gasteiger charge is 2.38. The molecule has 1 aliphatic rings. The van der Waals surface area contributed by atoms with Crippen molar-refractivity contribution in [1.82, 2.24) is 15.0 Å². The first-order valence-electron chi connectivity index (χ1n) is 6.78. The van der Waals surface area contributed by atoms with E-state index in [1.807, 2.05) is 0 Å². The number of amides is 2. The third-order valence-corrected chi connectivity index (χ3v) is 3.57. The van der Waals surface area contributed by atoms with Gasteiger partial charge in [0, 0.05) is 17.8 Å². The third kappa shape index (κ3) is 1.98. The molecule has 7 nitrogen and oxygen atoms in total. The molecule has 112 valence electrons. The third-order valence-electron chi connectivity index (χ3n) is 3.57. The van der Waals surface area contributed by atoms with Crippen LogP contribution in [0.2, 0.25) is 0 Å². The van der Waals surface area contributed by atoms with Crippen LogP contribution >= 0.6 is 0 Å². The minimum absolute atomic E-state index is 0.147. The van der Waals surface area contributed by atoms with Crippen molar-refractivity contribution in [2.45, 2.75) is 0 Å². The standard InChI is InChI=1S/C16H9N3O4/c20-14-11-3-1-2-4-12(11)15(21)19(14)23-16(22)10-7-9-5-6-17-13(9)18-8-10/h1-8H,(H,17,18). The molecule has 0 aliphatic carbocycles. The Morgan fingerprint density at radius 3 is 2.48 bits per heavy atom. The predicted octanol–water partition coefficient (Wildman–Crippen LogP) is 1.93. The van der Waals surface area contributed by atoms with Gasteiger partial charge in [-0.25, -0.2) is 9.78 Å². The number of pyridine rings is 1. The van der Waals surface area contributed by atoms with Gasteiger partial charge >= 0.3 is 5.97 Å². The number of aromatic amines is 1. The van der Waals surface area contributed by atoms with Crippen molar-refractivity contribution in [3.63, 3.8) is 0 Å². The Morgan fingerprint density at radius 1 is 1.09 bits per heavy atom. The molecule has 1 aliphatic heterocycles. The average molecular weight is 307 g/mol. The van der Waals surface area contributed by atoms with E-state index in [1.165, 1.54) is 18.3 Å². The fraction of sp³-hybridized carbons (Fsp3) is 0. The fourth-order valence-corrected chi connectivity index (χ4v) is 2.44. The molecule has 4 rings (SSSR count). The first-order chi connectivity index (χ1) is 11.1. The number of aromatic nitrogens is 2. The van der Waals surface area contributed by atoms with Gasteiger partial charge in [0.1, 0.15) is 5.65 Å². The normalized spacial score (nSPS) is 13.5. The highest BCUT2D eigenvalue weighted by atomic mass is 16.7. The molecule has 3 aromatic rings. The number of nitrogens with one attached hydrogen (secondary N) is 1. The van der Waals surface area contributed by atoms with E-state index < -0.39 is 17.8 Å². The molecule has 0 unspecified atom stereocenters. The number of H-pyrrole nitrogens is 1. The van der Waals surface area contributed by atoms with Crippen LogP contribution in [0.5, 0.6) is 0 Å². The van der Waals surface area contributed by atoms with Crippen LogP contribution in [0.25, 0.3) is 11.0 Å². The van der Waals surface area contributed by atoms with Crippen LogP contribution < -0.4 is 0 Å². The highest BCUT2D eigenvalue weighted by Crippen LogP contribution is 2.23. The lowest BCUT2D eigenvalue weighted by atomic mass is 10.1. The Labute approximate surface area is 129 Å². The Bertz CT molecular complexity index is 941. The van der Waals surface area contributed by atoms with E-state index in [4.69, 9.17) is 4.84 Å². The summed E-state index contributed by atoms with van der Waals surface area (Å²) in [5, 5.41) is 1.20. The van der Waals surface area contributed by atoms with Crippen LogP contribution in [0.3, 0.4) is 0 Å². The quantitative estimate of drug-likeness (QED) is 0.730. The molecule has 0 radical (unpaired) electrons. The zero-order chi connectivity index (χ0) is 16.0. The topological polar surface area (TPSA) is 92.4 Å². The van der Waals surface area contributed by atoms with E-state index in [2.05, 4.69) is 9.97 Å². The van der Waals surface area contributed by atoms with Gasteiger partial charge in [-0.1, -0.05) is 17.2 Å². The maximum Gasteiger partial charge on any atom is 0.365 e. The smallest absolute Gasteiger partial charge is 0.346 e. The van der Waals surface area contributed by atoms with Gasteiger partial charge in [0.2, 0.25) is 0 Å². The second-order valence-electron chi connectivity index (χ2n) is 4.97. The van der Waals surface area contributed by atoms with E-state index in [-0.39, 0.29) is 16.7 Å². The Balaban J connectivity index is 1.62. The van der Waals surface area contributed by atoms with Gasteiger partial charge in [-0.05, 0) is 24.3 Å². The molecule has 1 N–H and O–H groups in total. The number of benzene rings is 1. The molecule has 7 heteroatoms. The van der Waals surface area contributed by atoms with Gasteiger partial charge in [-0.15, -0.1) is 0 Å². The van der Waals surface area contributed by atoms with Crippen molar-refractivity contribution >= 4 is 28.8 Å². The molecule has 0 atom stereocenters. The number of fused-ring (bicyclic) bond motifs is 2. The van der Waals surface area contributed by atoms with Crippen LogP contribution in [0.15, 0.2) is 48.8 Å². The molecule has 2 aromatic heterocycles. The highest BCUT2D eigenvalue weighted by molar-refractivity contribution is 6.21. The second kappa shape index (κ2) is 4.77. The number of hydroxylamine groups is 2. The number of carbonyl (C=O) groups is 3. The van der Waals surface area contributed by atoms with E-state index in [9.17, 15) is 14.4 Å². The van der Waals surface area contributed by atoms with Crippen LogP contribution in [0.4, 0.5) is 0 Å². The van der Waals surface area contributed by atoms with Crippen molar-refractivity contribution < 1.29 is 19.2 Å². The molecule has 0 saturated heterocycles. The van der Waals surface area contributed by atoms with E-state index in [0.29, 0.717) is 10.7 Å². The zero-order valence-corrected chi connectivity index (χ0v) is 11.6. The van der Waals surface area contributed by atoms with Crippen LogP contribution in [0, 0.1) is 0 Å². The fourth-order valence-electron chi connectivity index (χ4n) is 2.44. The summed E-state index contributed by atoms with van der Waals surface area (Å²) in [6, 6.07) is 9.62. The number of carbonyl (C=O) groups excluding carboxylic acids is 3. The number of imide groups is 1. The zero-order valence-electron chi connectivity index (χ0n) is 11.6. The predicted molar refractivity (Wildman–Crippen MR) is 78.5 cm³/mol. The lowest BCUT2D eigenvalue weighted by Crippen LogP contribution is -2.32. The van der Waals surface area contributed by atoms with Crippen molar-refractivity contribution in [1.29, 1.82) is 0 Å². The monoisotopic (exact) mass is 307 g/mol. The van der Waals surface area contributed by atoms with Crippen molar-refractivity contribution in [3.05, 3.63) is 65.5 Å². The van der Waals surface area contributed by atoms with E-state index in [1.54, 1.807) is 30.5 Å². The van der Waals surface area contributed by atoms with Crippen LogP contribution in [-0.2, 0) is 4.84 Å². The molecular formula is C16H9N3O4. The largest absolute Gasteiger partial charge is 0.365 e. The van der Waals surface area contributed by atoms with Crippen molar-refractivity contribution in [3.8, 4) is 0 Å². The van der Waals surface area contributed by atoms with Gasteiger partial charge < -0.3 is 9.82 Å². The molecule has 2 amide bonds. The average Bonchev–Trinajstić information content (AvgIpc) is 3.13. The summed E-state index contributed by atoms with van der Waals surface area (Å²) in [5.41, 5.74) is 1.20. The molecule has 1 aromatic carbocycles. The van der Waals surface area contributed by atoms with Crippen molar-refractivity contribution in [2.75, 3.05) is 0 Å². The maximum atomic E-state index is 12.2. The van der Waals surface area contributed by atoms with Gasteiger partial charge in [-0.3, -0.25) is 9.59 Å².